The van der Waals surface area contributed by atoms with Crippen molar-refractivity contribution in [3.63, 3.8) is 0 Å². The standard InChI is InChI=1S/C40H58N2O4/c1-24(2)28-14-19-40(35(46)42-23-27(43)22-41)21-20-38(6)30(33(28)40)12-13-32-37(5)17-15-29(25-8-10-26(11-9-25)34(44)45)36(3,4)31(37)16-18-39(32,38)7/h8-11,15,27-28,30-33,43H,1,12-14,16-23,41H2,2-7H3,(H,42,46)(H,44,45). The number of aromatic carboxylic acids is 1. The zero-order valence-electron chi connectivity index (χ0n) is 29.1. The lowest BCUT2D eigenvalue weighted by atomic mass is 9.32. The van der Waals surface area contributed by atoms with Crippen LogP contribution >= 0.6 is 0 Å². The molecule has 1 amide bonds. The molecule has 1 aromatic carbocycles. The summed E-state index contributed by atoms with van der Waals surface area (Å²) in [5.41, 5.74) is 9.79. The Bertz CT molecular complexity index is 1430. The molecule has 0 bridgehead atoms. The van der Waals surface area contributed by atoms with Crippen LogP contribution in [0.3, 0.4) is 0 Å². The topological polar surface area (TPSA) is 113 Å². The van der Waals surface area contributed by atoms with Gasteiger partial charge >= 0.3 is 5.97 Å². The van der Waals surface area contributed by atoms with Crippen LogP contribution in [0.25, 0.3) is 5.57 Å². The second kappa shape index (κ2) is 11.3. The van der Waals surface area contributed by atoms with E-state index in [1.54, 1.807) is 12.1 Å². The molecular formula is C40H58N2O4. The highest BCUT2D eigenvalue weighted by molar-refractivity contribution is 5.88. The van der Waals surface area contributed by atoms with E-state index in [2.05, 4.69) is 59.5 Å². The third kappa shape index (κ3) is 4.63. The number of hydrogen-bond acceptors (Lipinski definition) is 4. The number of carbonyl (C=O) groups is 2. The Morgan fingerprint density at radius 1 is 0.957 bits per heavy atom. The quantitative estimate of drug-likeness (QED) is 0.234. The first kappa shape index (κ1) is 33.5. The van der Waals surface area contributed by atoms with Crippen molar-refractivity contribution in [2.24, 2.45) is 62.4 Å². The van der Waals surface area contributed by atoms with Crippen molar-refractivity contribution < 1.29 is 19.8 Å². The number of carboxylic acids is 1. The molecule has 10 unspecified atom stereocenters. The van der Waals surface area contributed by atoms with Gasteiger partial charge in [0.05, 0.1) is 17.1 Å². The molecule has 0 heterocycles. The normalized spacial score (nSPS) is 41.6. The van der Waals surface area contributed by atoms with E-state index in [4.69, 9.17) is 5.73 Å². The van der Waals surface area contributed by atoms with Crippen LogP contribution in [0.1, 0.15) is 115 Å². The number of aliphatic hydroxyl groups excluding tert-OH is 1. The maximum absolute atomic E-state index is 14.1. The molecule has 1 aromatic rings. The van der Waals surface area contributed by atoms with E-state index in [9.17, 15) is 19.8 Å². The minimum Gasteiger partial charge on any atom is -0.478 e. The summed E-state index contributed by atoms with van der Waals surface area (Å²) in [6.45, 7) is 19.7. The van der Waals surface area contributed by atoms with Crippen LogP contribution in [-0.2, 0) is 4.79 Å². The van der Waals surface area contributed by atoms with Crippen LogP contribution in [0, 0.1) is 56.7 Å². The van der Waals surface area contributed by atoms with Gasteiger partial charge in [-0.3, -0.25) is 4.79 Å². The van der Waals surface area contributed by atoms with Crippen molar-refractivity contribution in [1.82, 2.24) is 5.32 Å². The Morgan fingerprint density at radius 2 is 1.65 bits per heavy atom. The SMILES string of the molecule is C=C(C)C1CCC2(C(=O)NCC(O)CN)CCC3(C)C(CCC4C5(C)CC=C(c6ccc(C(=O)O)cc6)C(C)(C)C5CCC43C)C12. The lowest BCUT2D eigenvalue weighted by Crippen LogP contribution is -2.66. The molecule has 0 saturated heterocycles. The molecule has 0 spiro atoms. The van der Waals surface area contributed by atoms with Crippen molar-refractivity contribution in [2.45, 2.75) is 105 Å². The number of carbonyl (C=O) groups excluding carboxylic acids is 1. The molecule has 10 atom stereocenters. The number of aliphatic hydroxyl groups is 1. The average Bonchev–Trinajstić information content (AvgIpc) is 3.41. The molecule has 0 aromatic heterocycles. The van der Waals surface area contributed by atoms with E-state index in [0.717, 1.165) is 44.1 Å². The van der Waals surface area contributed by atoms with Gasteiger partial charge in [0, 0.05) is 13.1 Å². The van der Waals surface area contributed by atoms with Gasteiger partial charge in [-0.15, -0.1) is 0 Å². The van der Waals surface area contributed by atoms with Crippen LogP contribution < -0.4 is 11.1 Å². The van der Waals surface area contributed by atoms with Crippen molar-refractivity contribution in [3.8, 4) is 0 Å². The third-order valence-corrected chi connectivity index (χ3v) is 15.3. The summed E-state index contributed by atoms with van der Waals surface area (Å²) >= 11 is 0. The second-order valence-electron chi connectivity index (χ2n) is 17.4. The molecule has 5 aliphatic carbocycles. The fourth-order valence-corrected chi connectivity index (χ4v) is 12.9. The summed E-state index contributed by atoms with van der Waals surface area (Å²) in [5, 5.41) is 22.8. The van der Waals surface area contributed by atoms with Crippen molar-refractivity contribution in [3.05, 3.63) is 53.6 Å². The molecule has 252 valence electrons. The van der Waals surface area contributed by atoms with E-state index in [1.807, 2.05) is 12.1 Å². The first-order valence-electron chi connectivity index (χ1n) is 17.9. The van der Waals surface area contributed by atoms with Crippen LogP contribution in [0.15, 0.2) is 42.5 Å². The summed E-state index contributed by atoms with van der Waals surface area (Å²) in [7, 11) is 0. The number of benzene rings is 1. The number of nitrogens with one attached hydrogen (secondary N) is 1. The predicted octanol–water partition coefficient (Wildman–Crippen LogP) is 7.47. The van der Waals surface area contributed by atoms with Gasteiger partial charge in [-0.25, -0.2) is 4.79 Å². The van der Waals surface area contributed by atoms with Gasteiger partial charge in [-0.05, 0) is 139 Å². The van der Waals surface area contributed by atoms with Crippen LogP contribution in [0.2, 0.25) is 0 Å². The second-order valence-corrected chi connectivity index (χ2v) is 17.4. The minimum atomic E-state index is -0.884. The molecule has 5 N–H and O–H groups in total. The highest BCUT2D eigenvalue weighted by Crippen LogP contribution is 2.77. The summed E-state index contributed by atoms with van der Waals surface area (Å²) in [4.78, 5) is 25.6. The predicted molar refractivity (Wildman–Crippen MR) is 184 cm³/mol. The molecule has 0 radical (unpaired) electrons. The van der Waals surface area contributed by atoms with E-state index >= 15 is 0 Å². The maximum Gasteiger partial charge on any atom is 0.335 e. The number of allylic oxidation sites excluding steroid dienone is 3. The Hall–Kier alpha value is -2.44. The molecule has 6 heteroatoms. The van der Waals surface area contributed by atoms with E-state index in [0.29, 0.717) is 29.2 Å². The largest absolute Gasteiger partial charge is 0.478 e. The van der Waals surface area contributed by atoms with Crippen molar-refractivity contribution in [2.75, 3.05) is 13.1 Å². The van der Waals surface area contributed by atoms with E-state index in [1.165, 1.54) is 30.4 Å². The third-order valence-electron chi connectivity index (χ3n) is 15.3. The van der Waals surface area contributed by atoms with Gasteiger partial charge in [0.15, 0.2) is 0 Å². The van der Waals surface area contributed by atoms with Crippen LogP contribution in [0.4, 0.5) is 0 Å². The molecule has 6 nitrogen and oxygen atoms in total. The Labute approximate surface area is 276 Å². The molecule has 4 saturated carbocycles. The molecular weight excluding hydrogens is 572 g/mol. The Balaban J connectivity index is 1.33. The molecule has 5 aliphatic rings. The fourth-order valence-electron chi connectivity index (χ4n) is 12.9. The number of amides is 1. The summed E-state index contributed by atoms with van der Waals surface area (Å²) < 4.78 is 0. The van der Waals surface area contributed by atoms with Gasteiger partial charge in [0.1, 0.15) is 0 Å². The molecule has 0 aliphatic heterocycles. The Kier molecular flexibility index (Phi) is 8.24. The smallest absolute Gasteiger partial charge is 0.335 e. The van der Waals surface area contributed by atoms with Crippen molar-refractivity contribution in [1.29, 1.82) is 0 Å². The molecule has 6 rings (SSSR count). The average molecular weight is 631 g/mol. The zero-order chi connectivity index (χ0) is 33.4. The zero-order valence-corrected chi connectivity index (χ0v) is 29.1. The minimum absolute atomic E-state index is 0.0266. The number of hydrogen-bond donors (Lipinski definition) is 4. The molecule has 4 fully saturated rings. The van der Waals surface area contributed by atoms with Gasteiger partial charge < -0.3 is 21.3 Å². The number of nitrogens with two attached hydrogens (primary N) is 1. The van der Waals surface area contributed by atoms with Gasteiger partial charge in [-0.2, -0.15) is 0 Å². The summed E-state index contributed by atoms with van der Waals surface area (Å²) in [6, 6.07) is 7.49. The lowest BCUT2D eigenvalue weighted by Gasteiger charge is -2.72. The monoisotopic (exact) mass is 630 g/mol. The highest BCUT2D eigenvalue weighted by Gasteiger charge is 2.71. The van der Waals surface area contributed by atoms with Crippen molar-refractivity contribution >= 4 is 17.4 Å². The molecule has 46 heavy (non-hydrogen) atoms. The maximum atomic E-state index is 14.1. The summed E-state index contributed by atoms with van der Waals surface area (Å²) in [5.74, 6) is 1.48. The van der Waals surface area contributed by atoms with E-state index in [-0.39, 0.29) is 46.6 Å². The fraction of sp³-hybridized carbons (Fsp3) is 0.700. The number of fused-ring (bicyclic) bond motifs is 7. The van der Waals surface area contributed by atoms with Gasteiger partial charge in [0.25, 0.3) is 0 Å². The number of carboxylic acid groups (broad SMARTS) is 1. The van der Waals surface area contributed by atoms with Crippen LogP contribution in [-0.4, -0.2) is 41.3 Å². The summed E-state index contributed by atoms with van der Waals surface area (Å²) in [6.07, 6.45) is 11.5. The van der Waals surface area contributed by atoms with Crippen LogP contribution in [0.5, 0.6) is 0 Å². The first-order chi connectivity index (χ1) is 21.6. The first-order valence-corrected chi connectivity index (χ1v) is 17.9. The number of rotatable bonds is 7. The lowest BCUT2D eigenvalue weighted by molar-refractivity contribution is -0.225. The van der Waals surface area contributed by atoms with E-state index < -0.39 is 17.5 Å². The highest BCUT2D eigenvalue weighted by atomic mass is 16.4. The van der Waals surface area contributed by atoms with Gasteiger partial charge in [-0.1, -0.05) is 65.0 Å². The Morgan fingerprint density at radius 3 is 2.28 bits per heavy atom. The van der Waals surface area contributed by atoms with Gasteiger partial charge in [0.2, 0.25) is 5.91 Å².